The third kappa shape index (κ3) is 3.21. The Balaban J connectivity index is 2.26. The van der Waals surface area contributed by atoms with Crippen molar-refractivity contribution < 1.29 is 19.0 Å². The molecule has 1 amide bonds. The third-order valence-electron chi connectivity index (χ3n) is 3.67. The highest BCUT2D eigenvalue weighted by atomic mass is 16.5. The van der Waals surface area contributed by atoms with Crippen LogP contribution in [0.4, 0.5) is 5.69 Å². The quantitative estimate of drug-likeness (QED) is 0.853. The maximum atomic E-state index is 12.6. The lowest BCUT2D eigenvalue weighted by atomic mass is 10.1. The molecule has 2 rings (SSSR count). The average molecular weight is 294 g/mol. The van der Waals surface area contributed by atoms with Crippen molar-refractivity contribution in [3.8, 4) is 11.5 Å². The van der Waals surface area contributed by atoms with Gasteiger partial charge in [-0.25, -0.2) is 0 Å². The fraction of sp³-hybridized carbons (Fsp3) is 0.533. The van der Waals surface area contributed by atoms with E-state index in [1.54, 1.807) is 17.0 Å². The number of nitrogens with zero attached hydrogens (tertiary/aromatic N) is 1. The molecule has 2 N–H and O–H groups in total. The molecule has 1 unspecified atom stereocenters. The minimum absolute atomic E-state index is 0.0871. The lowest BCUT2D eigenvalue weighted by Gasteiger charge is -2.32. The molecule has 116 valence electrons. The largest absolute Gasteiger partial charge is 0.493 e. The number of ether oxygens (including phenoxy) is 3. The third-order valence-corrected chi connectivity index (χ3v) is 3.67. The summed E-state index contributed by atoms with van der Waals surface area (Å²) in [6.45, 7) is 3.76. The Morgan fingerprint density at radius 1 is 1.38 bits per heavy atom. The Kier molecular flexibility index (Phi) is 4.90. The monoisotopic (exact) mass is 294 g/mol. The molecule has 0 bridgehead atoms. The van der Waals surface area contributed by atoms with E-state index >= 15 is 0 Å². The maximum Gasteiger partial charge on any atom is 0.256 e. The first kappa shape index (κ1) is 15.4. The number of rotatable bonds is 4. The number of hydrogen-bond donors (Lipinski definition) is 1. The summed E-state index contributed by atoms with van der Waals surface area (Å²) < 4.78 is 16.0. The molecule has 1 aliphatic rings. The van der Waals surface area contributed by atoms with E-state index in [2.05, 4.69) is 0 Å². The molecule has 0 spiro atoms. The van der Waals surface area contributed by atoms with Gasteiger partial charge in [-0.3, -0.25) is 4.79 Å². The van der Waals surface area contributed by atoms with Crippen LogP contribution in [0.2, 0.25) is 0 Å². The summed E-state index contributed by atoms with van der Waals surface area (Å²) in [4.78, 5) is 14.4. The molecule has 1 aromatic rings. The standard InChI is InChI=1S/C15H22N2O4/c1-4-10-9-17(5-6-21-10)15(18)11-7-13(19-2)14(20-3)8-12(11)16/h7-8,10H,4-6,9,16H2,1-3H3. The van der Waals surface area contributed by atoms with Crippen molar-refractivity contribution in [2.45, 2.75) is 19.4 Å². The summed E-state index contributed by atoms with van der Waals surface area (Å²) in [5.74, 6) is 0.908. The van der Waals surface area contributed by atoms with Gasteiger partial charge in [-0.05, 0) is 12.5 Å². The van der Waals surface area contributed by atoms with Gasteiger partial charge in [0.15, 0.2) is 11.5 Å². The normalized spacial score (nSPS) is 18.4. The van der Waals surface area contributed by atoms with Crippen LogP contribution in [-0.2, 0) is 4.74 Å². The summed E-state index contributed by atoms with van der Waals surface area (Å²) in [6, 6.07) is 3.25. The number of amides is 1. The minimum atomic E-state index is -0.102. The molecule has 1 atom stereocenters. The summed E-state index contributed by atoms with van der Waals surface area (Å²) >= 11 is 0. The zero-order valence-corrected chi connectivity index (χ0v) is 12.7. The van der Waals surface area contributed by atoms with E-state index in [9.17, 15) is 4.79 Å². The molecule has 0 radical (unpaired) electrons. The van der Waals surface area contributed by atoms with Crippen molar-refractivity contribution in [3.63, 3.8) is 0 Å². The first-order valence-electron chi connectivity index (χ1n) is 7.03. The minimum Gasteiger partial charge on any atom is -0.493 e. The summed E-state index contributed by atoms with van der Waals surface area (Å²) in [6.07, 6.45) is 0.967. The van der Waals surface area contributed by atoms with E-state index in [-0.39, 0.29) is 12.0 Å². The number of nitrogens with two attached hydrogens (primary N) is 1. The second-order valence-electron chi connectivity index (χ2n) is 4.95. The molecule has 1 aliphatic heterocycles. The van der Waals surface area contributed by atoms with Gasteiger partial charge in [-0.1, -0.05) is 6.92 Å². The highest BCUT2D eigenvalue weighted by Gasteiger charge is 2.26. The number of anilines is 1. The highest BCUT2D eigenvalue weighted by Crippen LogP contribution is 2.32. The van der Waals surface area contributed by atoms with Gasteiger partial charge in [0.1, 0.15) is 0 Å². The van der Waals surface area contributed by atoms with E-state index < -0.39 is 0 Å². The van der Waals surface area contributed by atoms with Crippen LogP contribution >= 0.6 is 0 Å². The lowest BCUT2D eigenvalue weighted by Crippen LogP contribution is -2.45. The van der Waals surface area contributed by atoms with Crippen molar-refractivity contribution in [1.29, 1.82) is 0 Å². The summed E-state index contributed by atoms with van der Waals surface area (Å²) in [5, 5.41) is 0. The van der Waals surface area contributed by atoms with Gasteiger partial charge in [-0.2, -0.15) is 0 Å². The Labute approximate surface area is 124 Å². The topological polar surface area (TPSA) is 74.0 Å². The van der Waals surface area contributed by atoms with Crippen molar-refractivity contribution in [2.24, 2.45) is 0 Å². The SMILES string of the molecule is CCC1CN(C(=O)c2cc(OC)c(OC)cc2N)CCO1. The van der Waals surface area contributed by atoms with E-state index in [0.29, 0.717) is 42.4 Å². The highest BCUT2D eigenvalue weighted by molar-refractivity contribution is 6.00. The van der Waals surface area contributed by atoms with Gasteiger partial charge in [-0.15, -0.1) is 0 Å². The van der Waals surface area contributed by atoms with Crippen molar-refractivity contribution >= 4 is 11.6 Å². The smallest absolute Gasteiger partial charge is 0.256 e. The summed E-state index contributed by atoms with van der Waals surface area (Å²) in [7, 11) is 3.07. The van der Waals surface area contributed by atoms with Crippen molar-refractivity contribution in [1.82, 2.24) is 4.90 Å². The molecule has 1 aromatic carbocycles. The Morgan fingerprint density at radius 2 is 2.05 bits per heavy atom. The van der Waals surface area contributed by atoms with E-state index in [1.165, 1.54) is 14.2 Å². The predicted molar refractivity (Wildman–Crippen MR) is 79.9 cm³/mol. The molecule has 1 heterocycles. The molecule has 1 fully saturated rings. The van der Waals surface area contributed by atoms with Crippen LogP contribution in [0.3, 0.4) is 0 Å². The van der Waals surface area contributed by atoms with Crippen LogP contribution in [0.25, 0.3) is 0 Å². The van der Waals surface area contributed by atoms with Crippen LogP contribution < -0.4 is 15.2 Å². The maximum absolute atomic E-state index is 12.6. The first-order chi connectivity index (χ1) is 10.1. The zero-order valence-electron chi connectivity index (χ0n) is 12.7. The van der Waals surface area contributed by atoms with Crippen LogP contribution in [0.15, 0.2) is 12.1 Å². The molecule has 21 heavy (non-hydrogen) atoms. The van der Waals surface area contributed by atoms with Gasteiger partial charge >= 0.3 is 0 Å². The van der Waals surface area contributed by atoms with Gasteiger partial charge in [0, 0.05) is 24.8 Å². The number of hydrogen-bond acceptors (Lipinski definition) is 5. The Bertz CT molecular complexity index is 519. The Hall–Kier alpha value is -1.95. The summed E-state index contributed by atoms with van der Waals surface area (Å²) in [5.41, 5.74) is 6.80. The van der Waals surface area contributed by atoms with Gasteiger partial charge < -0.3 is 24.8 Å². The molecular weight excluding hydrogens is 272 g/mol. The molecular formula is C15H22N2O4. The number of nitrogen functional groups attached to an aromatic ring is 1. The number of morpholine rings is 1. The molecule has 0 aromatic heterocycles. The second kappa shape index (κ2) is 6.67. The van der Waals surface area contributed by atoms with Gasteiger partial charge in [0.25, 0.3) is 5.91 Å². The number of carbonyl (C=O) groups is 1. The average Bonchev–Trinajstić information content (AvgIpc) is 2.53. The van der Waals surface area contributed by atoms with E-state index in [0.717, 1.165) is 6.42 Å². The predicted octanol–water partition coefficient (Wildman–Crippen LogP) is 1.54. The molecule has 0 aliphatic carbocycles. The van der Waals surface area contributed by atoms with Crippen LogP contribution in [0.5, 0.6) is 11.5 Å². The Morgan fingerprint density at radius 3 is 2.67 bits per heavy atom. The van der Waals surface area contributed by atoms with Crippen molar-refractivity contribution in [3.05, 3.63) is 17.7 Å². The number of carbonyl (C=O) groups excluding carboxylic acids is 1. The van der Waals surface area contributed by atoms with E-state index in [1.807, 2.05) is 6.92 Å². The van der Waals surface area contributed by atoms with E-state index in [4.69, 9.17) is 19.9 Å². The van der Waals surface area contributed by atoms with Crippen molar-refractivity contribution in [2.75, 3.05) is 39.6 Å². The molecule has 6 nitrogen and oxygen atoms in total. The second-order valence-corrected chi connectivity index (χ2v) is 4.95. The molecule has 0 saturated carbocycles. The van der Waals surface area contributed by atoms with Gasteiger partial charge in [0.2, 0.25) is 0 Å². The number of methoxy groups -OCH3 is 2. The lowest BCUT2D eigenvalue weighted by molar-refractivity contribution is -0.0226. The first-order valence-corrected chi connectivity index (χ1v) is 7.03. The molecule has 6 heteroatoms. The van der Waals surface area contributed by atoms with Crippen LogP contribution in [-0.4, -0.2) is 50.8 Å². The number of benzene rings is 1. The fourth-order valence-electron chi connectivity index (χ4n) is 2.40. The molecule has 1 saturated heterocycles. The van der Waals surface area contributed by atoms with Crippen LogP contribution in [0.1, 0.15) is 23.7 Å². The fourth-order valence-corrected chi connectivity index (χ4v) is 2.40. The van der Waals surface area contributed by atoms with Gasteiger partial charge in [0.05, 0.1) is 32.5 Å². The zero-order chi connectivity index (χ0) is 15.4. The van der Waals surface area contributed by atoms with Crippen LogP contribution in [0, 0.1) is 0 Å².